The van der Waals surface area contributed by atoms with Crippen molar-refractivity contribution in [3.05, 3.63) is 35.1 Å². The van der Waals surface area contributed by atoms with Gasteiger partial charge in [-0.3, -0.25) is 9.79 Å². The molecule has 1 unspecified atom stereocenters. The van der Waals surface area contributed by atoms with E-state index in [0.29, 0.717) is 18.5 Å². The molecule has 0 bridgehead atoms. The van der Waals surface area contributed by atoms with Gasteiger partial charge in [-0.15, -0.1) is 24.0 Å². The number of carbonyl (C=O) groups excluding carboxylic acids is 1. The molecule has 1 aromatic rings. The number of amides is 1. The van der Waals surface area contributed by atoms with Gasteiger partial charge in [-0.1, -0.05) is 6.07 Å². The fraction of sp³-hybridized carbons (Fsp3) is 0.556. The van der Waals surface area contributed by atoms with E-state index in [1.54, 1.807) is 26.3 Å². The largest absolute Gasteiger partial charge is 0.380 e. The van der Waals surface area contributed by atoms with E-state index in [2.05, 4.69) is 15.2 Å². The zero-order valence-corrected chi connectivity index (χ0v) is 17.7. The second-order valence-corrected chi connectivity index (χ2v) is 6.38. The minimum atomic E-state index is -0.264. The van der Waals surface area contributed by atoms with Gasteiger partial charge in [-0.2, -0.15) is 0 Å². The van der Waals surface area contributed by atoms with E-state index in [1.165, 1.54) is 6.07 Å². The highest BCUT2D eigenvalue weighted by Gasteiger charge is 2.23. The third kappa shape index (κ3) is 6.71. The fourth-order valence-electron chi connectivity index (χ4n) is 3.23. The lowest BCUT2D eigenvalue weighted by atomic mass is 9.95. The smallest absolute Gasteiger partial charge is 0.217 e. The predicted octanol–water partition coefficient (Wildman–Crippen LogP) is 2.25. The lowest BCUT2D eigenvalue weighted by Gasteiger charge is -2.34. The second kappa shape index (κ2) is 11.3. The Morgan fingerprint density at radius 3 is 2.92 bits per heavy atom. The van der Waals surface area contributed by atoms with Gasteiger partial charge in [0.05, 0.1) is 6.61 Å². The summed E-state index contributed by atoms with van der Waals surface area (Å²) in [6, 6.07) is 5.00. The number of methoxy groups -OCH3 is 1. The molecule has 0 aromatic heterocycles. The summed E-state index contributed by atoms with van der Waals surface area (Å²) < 4.78 is 18.7. The molecule has 1 fully saturated rings. The Morgan fingerprint density at radius 2 is 2.27 bits per heavy atom. The molecule has 3 N–H and O–H groups in total. The fourth-order valence-corrected chi connectivity index (χ4v) is 3.23. The van der Waals surface area contributed by atoms with Gasteiger partial charge >= 0.3 is 0 Å². The van der Waals surface area contributed by atoms with Gasteiger partial charge in [0.1, 0.15) is 5.82 Å². The van der Waals surface area contributed by atoms with Gasteiger partial charge < -0.3 is 20.7 Å². The van der Waals surface area contributed by atoms with E-state index in [9.17, 15) is 9.18 Å². The maximum Gasteiger partial charge on any atom is 0.217 e. The molecule has 0 aliphatic carbocycles. The monoisotopic (exact) mass is 478 g/mol. The lowest BCUT2D eigenvalue weighted by molar-refractivity contribution is -0.119. The first-order valence-electron chi connectivity index (χ1n) is 8.53. The summed E-state index contributed by atoms with van der Waals surface area (Å²) in [4.78, 5) is 17.6. The van der Waals surface area contributed by atoms with Gasteiger partial charge in [0, 0.05) is 45.8 Å². The SMILES string of the molecule is CN=C(NCc1ccc(F)c(COC)c1)N1CCCC(CC(N)=O)C1.I. The molecule has 1 heterocycles. The summed E-state index contributed by atoms with van der Waals surface area (Å²) in [5.41, 5.74) is 6.82. The highest BCUT2D eigenvalue weighted by Crippen LogP contribution is 2.19. The highest BCUT2D eigenvalue weighted by molar-refractivity contribution is 14.0. The molecule has 1 aromatic carbocycles. The summed E-state index contributed by atoms with van der Waals surface area (Å²) in [6.07, 6.45) is 2.42. The van der Waals surface area contributed by atoms with Crippen molar-refractivity contribution in [2.75, 3.05) is 27.2 Å². The summed E-state index contributed by atoms with van der Waals surface area (Å²) in [5, 5.41) is 3.31. The van der Waals surface area contributed by atoms with Gasteiger partial charge in [0.2, 0.25) is 5.91 Å². The number of primary amides is 1. The summed E-state index contributed by atoms with van der Waals surface area (Å²) in [5.74, 6) is 0.530. The van der Waals surface area contributed by atoms with Crippen LogP contribution in [0.1, 0.15) is 30.4 Å². The van der Waals surface area contributed by atoms with Crippen LogP contribution in [0.2, 0.25) is 0 Å². The molecule has 1 saturated heterocycles. The number of piperidine rings is 1. The van der Waals surface area contributed by atoms with Crippen LogP contribution in [-0.4, -0.2) is 44.0 Å². The Morgan fingerprint density at radius 1 is 1.50 bits per heavy atom. The quantitative estimate of drug-likeness (QED) is 0.374. The van der Waals surface area contributed by atoms with E-state index in [0.717, 1.165) is 37.5 Å². The number of rotatable bonds is 6. The number of nitrogens with two attached hydrogens (primary N) is 1. The Balaban J connectivity index is 0.00000338. The number of aliphatic imine (C=N–C) groups is 1. The summed E-state index contributed by atoms with van der Waals surface area (Å²) >= 11 is 0. The highest BCUT2D eigenvalue weighted by atomic mass is 127. The maximum atomic E-state index is 13.7. The summed E-state index contributed by atoms with van der Waals surface area (Å²) in [6.45, 7) is 2.45. The Labute approximate surface area is 171 Å². The third-order valence-electron chi connectivity index (χ3n) is 4.38. The predicted molar refractivity (Wildman–Crippen MR) is 111 cm³/mol. The second-order valence-electron chi connectivity index (χ2n) is 6.38. The zero-order valence-electron chi connectivity index (χ0n) is 15.3. The van der Waals surface area contributed by atoms with Crippen LogP contribution in [0.25, 0.3) is 0 Å². The average molecular weight is 478 g/mol. The Bertz CT molecular complexity index is 627. The number of nitrogens with zero attached hydrogens (tertiary/aromatic N) is 2. The number of halogens is 2. The molecule has 146 valence electrons. The van der Waals surface area contributed by atoms with Gasteiger partial charge in [0.15, 0.2) is 5.96 Å². The van der Waals surface area contributed by atoms with E-state index in [1.807, 2.05) is 0 Å². The molecule has 0 saturated carbocycles. The maximum absolute atomic E-state index is 13.7. The van der Waals surface area contributed by atoms with Crippen LogP contribution in [-0.2, 0) is 22.7 Å². The number of hydrogen-bond acceptors (Lipinski definition) is 3. The molecular weight excluding hydrogens is 450 g/mol. The number of guanidine groups is 1. The number of benzene rings is 1. The Hall–Kier alpha value is -1.42. The van der Waals surface area contributed by atoms with Crippen molar-refractivity contribution in [2.45, 2.75) is 32.4 Å². The van der Waals surface area contributed by atoms with Gasteiger partial charge in [-0.05, 0) is 36.5 Å². The molecule has 1 aliphatic heterocycles. The van der Waals surface area contributed by atoms with Crippen molar-refractivity contribution >= 4 is 35.8 Å². The lowest BCUT2D eigenvalue weighted by Crippen LogP contribution is -2.46. The molecule has 8 heteroatoms. The normalized spacial score (nSPS) is 17.6. The van der Waals surface area contributed by atoms with Crippen LogP contribution in [0.5, 0.6) is 0 Å². The molecule has 26 heavy (non-hydrogen) atoms. The molecular formula is C18H28FIN4O2. The van der Waals surface area contributed by atoms with Gasteiger partial charge in [0.25, 0.3) is 0 Å². The summed E-state index contributed by atoms with van der Waals surface area (Å²) in [7, 11) is 3.28. The first-order chi connectivity index (χ1) is 12.0. The molecule has 1 amide bonds. The van der Waals surface area contributed by atoms with Gasteiger partial charge in [-0.25, -0.2) is 4.39 Å². The third-order valence-corrected chi connectivity index (χ3v) is 4.38. The minimum Gasteiger partial charge on any atom is -0.380 e. The first-order valence-corrected chi connectivity index (χ1v) is 8.53. The zero-order chi connectivity index (χ0) is 18.2. The van der Waals surface area contributed by atoms with Crippen molar-refractivity contribution in [3.63, 3.8) is 0 Å². The first kappa shape index (κ1) is 22.6. The van der Waals surface area contributed by atoms with Crippen LogP contribution < -0.4 is 11.1 Å². The van der Waals surface area contributed by atoms with E-state index in [4.69, 9.17) is 10.5 Å². The Kier molecular flexibility index (Phi) is 9.85. The average Bonchev–Trinajstić information content (AvgIpc) is 2.58. The topological polar surface area (TPSA) is 80.0 Å². The van der Waals surface area contributed by atoms with Crippen molar-refractivity contribution in [1.29, 1.82) is 0 Å². The van der Waals surface area contributed by atoms with Crippen molar-refractivity contribution in [3.8, 4) is 0 Å². The van der Waals surface area contributed by atoms with Crippen LogP contribution >= 0.6 is 24.0 Å². The minimum absolute atomic E-state index is 0. The number of hydrogen-bond donors (Lipinski definition) is 2. The number of nitrogens with one attached hydrogen (secondary N) is 1. The van der Waals surface area contributed by atoms with Crippen molar-refractivity contribution in [1.82, 2.24) is 10.2 Å². The molecule has 0 radical (unpaired) electrons. The number of likely N-dealkylation sites (tertiary alicyclic amines) is 1. The molecule has 0 spiro atoms. The van der Waals surface area contributed by atoms with Crippen LogP contribution in [0.3, 0.4) is 0 Å². The van der Waals surface area contributed by atoms with Crippen LogP contribution in [0.4, 0.5) is 4.39 Å². The van der Waals surface area contributed by atoms with E-state index in [-0.39, 0.29) is 48.2 Å². The molecule has 1 aliphatic rings. The number of ether oxygens (including phenoxy) is 1. The van der Waals surface area contributed by atoms with E-state index >= 15 is 0 Å². The molecule has 6 nitrogen and oxygen atoms in total. The standard InChI is InChI=1S/C18H27FN4O2.HI/c1-21-18(23-7-3-4-14(11-23)9-17(20)24)22-10-13-5-6-16(19)15(8-13)12-25-2;/h5-6,8,14H,3-4,7,9-12H2,1-2H3,(H2,20,24)(H,21,22);1H. The molecule has 1 atom stereocenters. The van der Waals surface area contributed by atoms with Crippen LogP contribution in [0.15, 0.2) is 23.2 Å². The van der Waals surface area contributed by atoms with Crippen molar-refractivity contribution in [2.24, 2.45) is 16.6 Å². The van der Waals surface area contributed by atoms with E-state index < -0.39 is 0 Å². The van der Waals surface area contributed by atoms with Crippen LogP contribution in [0, 0.1) is 11.7 Å². The number of carbonyl (C=O) groups is 1. The van der Waals surface area contributed by atoms with Crippen molar-refractivity contribution < 1.29 is 13.9 Å². The molecule has 2 rings (SSSR count).